The van der Waals surface area contributed by atoms with E-state index < -0.39 is 0 Å². The highest BCUT2D eigenvalue weighted by Gasteiger charge is 2.31. The molecule has 3 heterocycles. The summed E-state index contributed by atoms with van der Waals surface area (Å²) in [6.45, 7) is 3.00. The zero-order valence-electron chi connectivity index (χ0n) is 18.5. The lowest BCUT2D eigenvalue weighted by Gasteiger charge is -2.39. The molecule has 1 saturated heterocycles. The van der Waals surface area contributed by atoms with E-state index in [1.165, 1.54) is 23.3 Å². The Morgan fingerprint density at radius 2 is 2.03 bits per heavy atom. The Balaban J connectivity index is 1.32. The summed E-state index contributed by atoms with van der Waals surface area (Å²) in [5, 5.41) is 8.87. The van der Waals surface area contributed by atoms with Gasteiger partial charge in [0, 0.05) is 36.7 Å². The summed E-state index contributed by atoms with van der Waals surface area (Å²) in [5.41, 5.74) is 2.30. The third kappa shape index (κ3) is 5.10. The number of rotatable bonds is 5. The van der Waals surface area contributed by atoms with Gasteiger partial charge in [0.15, 0.2) is 5.96 Å². The number of carbonyl (C=O) groups excluding carboxylic acids is 1. The van der Waals surface area contributed by atoms with Crippen LogP contribution in [-0.4, -0.2) is 57.0 Å². The fraction of sp³-hybridized carbons (Fsp3) is 0.500. The van der Waals surface area contributed by atoms with Gasteiger partial charge in [0.1, 0.15) is 0 Å². The number of aryl methyl sites for hydroxylation is 1. The minimum absolute atomic E-state index is 0.0870. The lowest BCUT2D eigenvalue weighted by atomic mass is 9.88. The minimum Gasteiger partial charge on any atom is -0.356 e. The number of thiophene rings is 1. The molecule has 1 fully saturated rings. The number of aliphatic imine (C=N–C) groups is 1. The van der Waals surface area contributed by atoms with Crippen LogP contribution in [0.2, 0.25) is 0 Å². The molecule has 0 bridgehead atoms. The molecule has 1 aromatic carbocycles. The van der Waals surface area contributed by atoms with E-state index >= 15 is 0 Å². The number of guanidine groups is 1. The first-order valence-electron chi connectivity index (χ1n) is 11.2. The first kappa shape index (κ1) is 21.8. The molecule has 6 nitrogen and oxygen atoms in total. The third-order valence-electron chi connectivity index (χ3n) is 6.42. The second-order valence-corrected chi connectivity index (χ2v) is 9.41. The van der Waals surface area contributed by atoms with Crippen LogP contribution in [0.1, 0.15) is 35.7 Å². The van der Waals surface area contributed by atoms with Crippen molar-refractivity contribution >= 4 is 28.9 Å². The van der Waals surface area contributed by atoms with E-state index in [-0.39, 0.29) is 12.5 Å². The van der Waals surface area contributed by atoms with E-state index in [9.17, 15) is 4.79 Å². The Hall–Kier alpha value is -2.38. The van der Waals surface area contributed by atoms with Crippen LogP contribution in [0.4, 0.5) is 5.69 Å². The Morgan fingerprint density at radius 1 is 1.16 bits per heavy atom. The lowest BCUT2D eigenvalue weighted by molar-refractivity contribution is -0.117. The Bertz CT molecular complexity index is 897. The minimum atomic E-state index is 0.0870. The number of carbonyl (C=O) groups is 1. The number of anilines is 1. The number of likely N-dealkylation sites (tertiary alicyclic amines) is 1. The topological polar surface area (TPSA) is 60.0 Å². The largest absolute Gasteiger partial charge is 0.356 e. The van der Waals surface area contributed by atoms with Crippen molar-refractivity contribution < 1.29 is 4.79 Å². The second-order valence-electron chi connectivity index (χ2n) is 8.43. The summed E-state index contributed by atoms with van der Waals surface area (Å²) < 4.78 is 0. The molecule has 2 unspecified atom stereocenters. The maximum absolute atomic E-state index is 12.9. The summed E-state index contributed by atoms with van der Waals surface area (Å²) in [6, 6.07) is 13.0. The van der Waals surface area contributed by atoms with Gasteiger partial charge in [-0.3, -0.25) is 14.7 Å². The fourth-order valence-electron chi connectivity index (χ4n) is 4.88. The highest BCUT2D eigenvalue weighted by atomic mass is 32.1. The van der Waals surface area contributed by atoms with E-state index in [1.807, 2.05) is 34.4 Å². The average molecular weight is 440 g/mol. The SMILES string of the molecule is CN=C(NCC(=O)N1CCCc2ccccc21)NCC1CCCN(C)C1c1cccs1. The molecular formula is C24H33N5OS. The Labute approximate surface area is 189 Å². The van der Waals surface area contributed by atoms with E-state index in [0.29, 0.717) is 17.9 Å². The molecule has 0 aliphatic carbocycles. The molecule has 2 aromatic rings. The maximum atomic E-state index is 12.9. The van der Waals surface area contributed by atoms with Gasteiger partial charge in [0.25, 0.3) is 0 Å². The second kappa shape index (κ2) is 10.3. The van der Waals surface area contributed by atoms with Gasteiger partial charge in [0.2, 0.25) is 5.91 Å². The van der Waals surface area contributed by atoms with Crippen molar-refractivity contribution in [2.75, 3.05) is 45.2 Å². The van der Waals surface area contributed by atoms with Crippen LogP contribution < -0.4 is 15.5 Å². The molecule has 0 spiro atoms. The quantitative estimate of drug-likeness (QED) is 0.555. The Kier molecular flexibility index (Phi) is 7.25. The summed E-state index contributed by atoms with van der Waals surface area (Å²) in [7, 11) is 3.98. The number of nitrogens with one attached hydrogen (secondary N) is 2. The van der Waals surface area contributed by atoms with Gasteiger partial charge in [-0.25, -0.2) is 0 Å². The number of hydrogen-bond acceptors (Lipinski definition) is 4. The van der Waals surface area contributed by atoms with Crippen LogP contribution in [0.25, 0.3) is 0 Å². The molecule has 2 atom stereocenters. The molecule has 2 aliphatic heterocycles. The molecule has 0 radical (unpaired) electrons. The molecule has 2 N–H and O–H groups in total. The van der Waals surface area contributed by atoms with E-state index in [4.69, 9.17) is 0 Å². The Morgan fingerprint density at radius 3 is 2.84 bits per heavy atom. The predicted octanol–water partition coefficient (Wildman–Crippen LogP) is 3.28. The van der Waals surface area contributed by atoms with Crippen molar-refractivity contribution in [1.82, 2.24) is 15.5 Å². The summed E-state index contributed by atoms with van der Waals surface area (Å²) in [4.78, 5) is 23.1. The van der Waals surface area contributed by atoms with Crippen LogP contribution in [0.5, 0.6) is 0 Å². The fourth-order valence-corrected chi connectivity index (χ4v) is 5.86. The molecule has 1 aromatic heterocycles. The van der Waals surface area contributed by atoms with E-state index in [2.05, 4.69) is 51.2 Å². The predicted molar refractivity (Wildman–Crippen MR) is 129 cm³/mol. The smallest absolute Gasteiger partial charge is 0.246 e. The number of piperidine rings is 1. The third-order valence-corrected chi connectivity index (χ3v) is 7.36. The average Bonchev–Trinajstić information content (AvgIpc) is 3.33. The van der Waals surface area contributed by atoms with Crippen LogP contribution in [0.3, 0.4) is 0 Å². The molecule has 31 heavy (non-hydrogen) atoms. The van der Waals surface area contributed by atoms with E-state index in [1.54, 1.807) is 7.05 Å². The van der Waals surface area contributed by atoms with Crippen LogP contribution in [0.15, 0.2) is 46.8 Å². The standard InChI is InChI=1S/C24H33N5OS/c1-25-24(26-16-19-10-5-13-28(2)23(19)21-12-7-15-31-21)27-17-22(30)29-14-6-9-18-8-3-4-11-20(18)29/h3-4,7-8,11-12,15,19,23H,5-6,9-10,13-14,16-17H2,1-2H3,(H2,25,26,27). The molecule has 4 rings (SSSR count). The first-order valence-corrected chi connectivity index (χ1v) is 12.1. The number of nitrogens with zero attached hydrogens (tertiary/aromatic N) is 3. The van der Waals surface area contributed by atoms with Gasteiger partial charge >= 0.3 is 0 Å². The zero-order chi connectivity index (χ0) is 21.6. The summed E-state index contributed by atoms with van der Waals surface area (Å²) in [5.74, 6) is 1.29. The van der Waals surface area contributed by atoms with Gasteiger partial charge in [-0.05, 0) is 68.3 Å². The summed E-state index contributed by atoms with van der Waals surface area (Å²) in [6.07, 6.45) is 4.46. The lowest BCUT2D eigenvalue weighted by Crippen LogP contribution is -2.48. The zero-order valence-corrected chi connectivity index (χ0v) is 19.3. The molecule has 1 amide bonds. The van der Waals surface area contributed by atoms with Crippen molar-refractivity contribution in [2.45, 2.75) is 31.7 Å². The van der Waals surface area contributed by atoms with E-state index in [0.717, 1.165) is 38.2 Å². The van der Waals surface area contributed by atoms with Crippen molar-refractivity contribution in [1.29, 1.82) is 0 Å². The normalized spacial score (nSPS) is 22.1. The van der Waals surface area contributed by atoms with Gasteiger partial charge in [0.05, 0.1) is 6.54 Å². The van der Waals surface area contributed by atoms with Gasteiger partial charge in [-0.2, -0.15) is 0 Å². The van der Waals surface area contributed by atoms with Gasteiger partial charge in [-0.1, -0.05) is 24.3 Å². The van der Waals surface area contributed by atoms with Crippen molar-refractivity contribution in [3.05, 3.63) is 52.2 Å². The number of amides is 1. The number of hydrogen-bond donors (Lipinski definition) is 2. The molecule has 7 heteroatoms. The van der Waals surface area contributed by atoms with Crippen LogP contribution in [0, 0.1) is 5.92 Å². The van der Waals surface area contributed by atoms with Crippen LogP contribution >= 0.6 is 11.3 Å². The maximum Gasteiger partial charge on any atom is 0.246 e. The molecule has 166 valence electrons. The van der Waals surface area contributed by atoms with Crippen molar-refractivity contribution in [3.63, 3.8) is 0 Å². The highest BCUT2D eigenvalue weighted by Crippen LogP contribution is 2.36. The van der Waals surface area contributed by atoms with Crippen molar-refractivity contribution in [3.8, 4) is 0 Å². The number of fused-ring (bicyclic) bond motifs is 1. The molecular weight excluding hydrogens is 406 g/mol. The van der Waals surface area contributed by atoms with Gasteiger partial charge < -0.3 is 15.5 Å². The van der Waals surface area contributed by atoms with Gasteiger partial charge in [-0.15, -0.1) is 11.3 Å². The highest BCUT2D eigenvalue weighted by molar-refractivity contribution is 7.10. The number of para-hydroxylation sites is 1. The van der Waals surface area contributed by atoms with Crippen molar-refractivity contribution in [2.24, 2.45) is 10.9 Å². The first-order chi connectivity index (χ1) is 15.2. The van der Waals surface area contributed by atoms with Crippen LogP contribution in [-0.2, 0) is 11.2 Å². The monoisotopic (exact) mass is 439 g/mol. The summed E-state index contributed by atoms with van der Waals surface area (Å²) >= 11 is 1.84. The number of benzene rings is 1. The molecule has 2 aliphatic rings. The molecule has 0 saturated carbocycles.